The van der Waals surface area contributed by atoms with Crippen molar-refractivity contribution in [2.75, 3.05) is 24.5 Å². The van der Waals surface area contributed by atoms with E-state index in [1.807, 2.05) is 12.1 Å². The van der Waals surface area contributed by atoms with Gasteiger partial charge >= 0.3 is 0 Å². The molecule has 0 aliphatic rings. The highest BCUT2D eigenvalue weighted by Crippen LogP contribution is 2.18. The Balaban J connectivity index is 1.63. The van der Waals surface area contributed by atoms with E-state index in [0.717, 1.165) is 12.2 Å². The molecule has 0 spiro atoms. The van der Waals surface area contributed by atoms with Crippen molar-refractivity contribution in [1.29, 1.82) is 0 Å². The third-order valence-corrected chi connectivity index (χ3v) is 4.55. The summed E-state index contributed by atoms with van der Waals surface area (Å²) in [6.07, 6.45) is 0. The second-order valence-electron chi connectivity index (χ2n) is 6.49. The van der Waals surface area contributed by atoms with E-state index in [0.29, 0.717) is 24.6 Å². The van der Waals surface area contributed by atoms with Crippen molar-refractivity contribution in [3.63, 3.8) is 0 Å². The van der Waals surface area contributed by atoms with Crippen molar-refractivity contribution < 1.29 is 9.18 Å². The monoisotopic (exact) mass is 381 g/mol. The Bertz CT molecular complexity index is 952. The molecule has 1 amide bonds. The first-order chi connectivity index (χ1) is 13.5. The van der Waals surface area contributed by atoms with Gasteiger partial charge in [0.2, 0.25) is 5.82 Å². The highest BCUT2D eigenvalue weighted by molar-refractivity contribution is 5.90. The lowest BCUT2D eigenvalue weighted by Gasteiger charge is -2.24. The molecular weight excluding hydrogens is 357 g/mol. The third-order valence-electron chi connectivity index (χ3n) is 4.55. The van der Waals surface area contributed by atoms with Crippen molar-refractivity contribution in [3.8, 4) is 5.69 Å². The summed E-state index contributed by atoms with van der Waals surface area (Å²) in [5.41, 5.74) is 3.02. The standard InChI is InChI=1S/C21H24FN5O/c1-4-26(19-8-6-5-7-15(19)2)14-13-23-21(28)20-24-16(3)27(25-20)18-11-9-17(22)10-12-18/h5-12H,4,13-14H2,1-3H3,(H,23,28). The first-order valence-corrected chi connectivity index (χ1v) is 9.28. The van der Waals surface area contributed by atoms with Crippen LogP contribution in [0.5, 0.6) is 0 Å². The van der Waals surface area contributed by atoms with Gasteiger partial charge in [-0.25, -0.2) is 14.1 Å². The number of anilines is 1. The third kappa shape index (κ3) is 4.36. The van der Waals surface area contributed by atoms with Crippen molar-refractivity contribution >= 4 is 11.6 Å². The van der Waals surface area contributed by atoms with Crippen LogP contribution in [0.3, 0.4) is 0 Å². The van der Waals surface area contributed by atoms with Gasteiger partial charge in [0.1, 0.15) is 11.6 Å². The molecule has 1 aromatic heterocycles. The van der Waals surface area contributed by atoms with Gasteiger partial charge in [0.25, 0.3) is 5.91 Å². The SMILES string of the molecule is CCN(CCNC(=O)c1nc(C)n(-c2ccc(F)cc2)n1)c1ccccc1C. The van der Waals surface area contributed by atoms with Crippen LogP contribution in [0.2, 0.25) is 0 Å². The van der Waals surface area contributed by atoms with Crippen molar-refractivity contribution in [2.45, 2.75) is 20.8 Å². The van der Waals surface area contributed by atoms with Crippen molar-refractivity contribution in [1.82, 2.24) is 20.1 Å². The lowest BCUT2D eigenvalue weighted by molar-refractivity contribution is 0.0944. The van der Waals surface area contributed by atoms with Gasteiger partial charge in [0, 0.05) is 25.3 Å². The number of aryl methyl sites for hydroxylation is 2. The number of aromatic nitrogens is 3. The molecule has 0 fully saturated rings. The number of likely N-dealkylation sites (N-methyl/N-ethyl adjacent to an activating group) is 1. The van der Waals surface area contributed by atoms with Crippen LogP contribution in [0.25, 0.3) is 5.69 Å². The van der Waals surface area contributed by atoms with E-state index in [1.165, 1.54) is 22.4 Å². The molecule has 1 heterocycles. The molecule has 1 N–H and O–H groups in total. The highest BCUT2D eigenvalue weighted by atomic mass is 19.1. The minimum absolute atomic E-state index is 0.0979. The zero-order valence-corrected chi connectivity index (χ0v) is 16.3. The molecule has 28 heavy (non-hydrogen) atoms. The van der Waals surface area contributed by atoms with Crippen LogP contribution in [0, 0.1) is 19.7 Å². The number of carbonyl (C=O) groups is 1. The Morgan fingerprint density at radius 1 is 1.14 bits per heavy atom. The molecule has 2 aromatic carbocycles. The molecule has 7 heteroatoms. The number of nitrogens with zero attached hydrogens (tertiary/aromatic N) is 4. The van der Waals surface area contributed by atoms with Crippen LogP contribution >= 0.6 is 0 Å². The van der Waals surface area contributed by atoms with Gasteiger partial charge in [-0.1, -0.05) is 18.2 Å². The van der Waals surface area contributed by atoms with Gasteiger partial charge < -0.3 is 10.2 Å². The Hall–Kier alpha value is -3.22. The summed E-state index contributed by atoms with van der Waals surface area (Å²) in [5.74, 6) is 0.00559. The van der Waals surface area contributed by atoms with E-state index in [2.05, 4.69) is 46.3 Å². The number of benzene rings is 2. The fourth-order valence-corrected chi connectivity index (χ4v) is 3.06. The van der Waals surface area contributed by atoms with Gasteiger partial charge in [0.15, 0.2) is 0 Å². The molecule has 0 bridgehead atoms. The quantitative estimate of drug-likeness (QED) is 0.682. The number of rotatable bonds is 7. The predicted molar refractivity (Wildman–Crippen MR) is 107 cm³/mol. The number of para-hydroxylation sites is 1. The molecule has 0 aliphatic heterocycles. The predicted octanol–water partition coefficient (Wildman–Crippen LogP) is 3.28. The molecule has 146 valence electrons. The van der Waals surface area contributed by atoms with Gasteiger partial charge in [-0.15, -0.1) is 5.10 Å². The second-order valence-corrected chi connectivity index (χ2v) is 6.49. The number of amides is 1. The van der Waals surface area contributed by atoms with Crippen molar-refractivity contribution in [3.05, 3.63) is 71.6 Å². The van der Waals surface area contributed by atoms with E-state index in [1.54, 1.807) is 19.1 Å². The van der Waals surface area contributed by atoms with E-state index in [-0.39, 0.29) is 17.5 Å². The van der Waals surface area contributed by atoms with Crippen LogP contribution in [0.1, 0.15) is 28.9 Å². The summed E-state index contributed by atoms with van der Waals surface area (Å²) in [7, 11) is 0. The fraction of sp³-hybridized carbons (Fsp3) is 0.286. The van der Waals surface area contributed by atoms with Crippen molar-refractivity contribution in [2.24, 2.45) is 0 Å². The van der Waals surface area contributed by atoms with Crippen LogP contribution in [0.4, 0.5) is 10.1 Å². The molecule has 0 saturated heterocycles. The molecule has 6 nitrogen and oxygen atoms in total. The average molecular weight is 381 g/mol. The summed E-state index contributed by atoms with van der Waals surface area (Å²) in [6.45, 7) is 7.92. The minimum Gasteiger partial charge on any atom is -0.370 e. The number of halogens is 1. The average Bonchev–Trinajstić information content (AvgIpc) is 3.08. The van der Waals surface area contributed by atoms with Crippen LogP contribution in [-0.4, -0.2) is 40.3 Å². The number of hydrogen-bond acceptors (Lipinski definition) is 4. The van der Waals surface area contributed by atoms with Crippen LogP contribution in [-0.2, 0) is 0 Å². The Kier molecular flexibility index (Phi) is 6.03. The molecule has 3 rings (SSSR count). The van der Waals surface area contributed by atoms with E-state index < -0.39 is 0 Å². The zero-order chi connectivity index (χ0) is 20.1. The van der Waals surface area contributed by atoms with Crippen LogP contribution < -0.4 is 10.2 Å². The maximum atomic E-state index is 13.1. The molecular formula is C21H24FN5O. The topological polar surface area (TPSA) is 63.1 Å². The first-order valence-electron chi connectivity index (χ1n) is 9.28. The molecule has 3 aromatic rings. The van der Waals surface area contributed by atoms with E-state index >= 15 is 0 Å². The summed E-state index contributed by atoms with van der Waals surface area (Å²) in [6, 6.07) is 14.1. The highest BCUT2D eigenvalue weighted by Gasteiger charge is 2.15. The van der Waals surface area contributed by atoms with Gasteiger partial charge in [0.05, 0.1) is 5.69 Å². The molecule has 0 saturated carbocycles. The maximum absolute atomic E-state index is 13.1. The summed E-state index contributed by atoms with van der Waals surface area (Å²) in [5, 5.41) is 7.13. The minimum atomic E-state index is -0.329. The maximum Gasteiger partial charge on any atom is 0.291 e. The Morgan fingerprint density at radius 3 is 2.54 bits per heavy atom. The van der Waals surface area contributed by atoms with Gasteiger partial charge in [-0.3, -0.25) is 4.79 Å². The van der Waals surface area contributed by atoms with E-state index in [9.17, 15) is 9.18 Å². The van der Waals surface area contributed by atoms with Gasteiger partial charge in [-0.2, -0.15) is 0 Å². The smallest absolute Gasteiger partial charge is 0.291 e. The fourth-order valence-electron chi connectivity index (χ4n) is 3.06. The first kappa shape index (κ1) is 19.5. The number of carbonyl (C=O) groups excluding carboxylic acids is 1. The number of nitrogens with one attached hydrogen (secondary N) is 1. The zero-order valence-electron chi connectivity index (χ0n) is 16.3. The summed E-state index contributed by atoms with van der Waals surface area (Å²) in [4.78, 5) is 18.9. The Morgan fingerprint density at radius 2 is 1.86 bits per heavy atom. The second kappa shape index (κ2) is 8.65. The number of hydrogen-bond donors (Lipinski definition) is 1. The molecule has 0 radical (unpaired) electrons. The van der Waals surface area contributed by atoms with Gasteiger partial charge in [-0.05, 0) is 56.7 Å². The normalized spacial score (nSPS) is 10.7. The lowest BCUT2D eigenvalue weighted by atomic mass is 10.2. The summed E-state index contributed by atoms with van der Waals surface area (Å²) >= 11 is 0. The summed E-state index contributed by atoms with van der Waals surface area (Å²) < 4.78 is 14.6. The van der Waals surface area contributed by atoms with Crippen LogP contribution in [0.15, 0.2) is 48.5 Å². The lowest BCUT2D eigenvalue weighted by Crippen LogP contribution is -2.35. The molecule has 0 aliphatic carbocycles. The largest absolute Gasteiger partial charge is 0.370 e. The molecule has 0 atom stereocenters. The Labute approximate surface area is 164 Å². The molecule has 0 unspecified atom stereocenters. The van der Waals surface area contributed by atoms with E-state index in [4.69, 9.17) is 0 Å².